The molecule has 194 valence electrons. The molecule has 5 rings (SSSR count). The number of carbonyl (C=O) groups is 3. The first-order valence-electron chi connectivity index (χ1n) is 11.8. The van der Waals surface area contributed by atoms with Crippen LogP contribution in [0.25, 0.3) is 21.3 Å². The van der Waals surface area contributed by atoms with Crippen LogP contribution in [0, 0.1) is 0 Å². The molecule has 3 amide bonds. The molecule has 1 aliphatic carbocycles. The van der Waals surface area contributed by atoms with Crippen molar-refractivity contribution in [2.24, 2.45) is 0 Å². The fourth-order valence-corrected chi connectivity index (χ4v) is 7.11. The summed E-state index contributed by atoms with van der Waals surface area (Å²) in [5.41, 5.74) is 3.81. The summed E-state index contributed by atoms with van der Waals surface area (Å²) >= 11 is 1.11. The van der Waals surface area contributed by atoms with Crippen molar-refractivity contribution in [2.45, 2.75) is 30.7 Å². The number of ether oxygens (including phenoxy) is 1. The van der Waals surface area contributed by atoms with Gasteiger partial charge in [-0.3, -0.25) is 14.4 Å². The highest BCUT2D eigenvalue weighted by molar-refractivity contribution is 7.92. The predicted octanol–water partition coefficient (Wildman–Crippen LogP) is 1.70. The lowest BCUT2D eigenvalue weighted by Crippen LogP contribution is -2.41. The molecule has 1 unspecified atom stereocenters. The Hall–Kier alpha value is -3.35. The van der Waals surface area contributed by atoms with E-state index in [-0.39, 0.29) is 41.8 Å². The van der Waals surface area contributed by atoms with Gasteiger partial charge in [0.15, 0.2) is 15.1 Å². The van der Waals surface area contributed by atoms with Gasteiger partial charge in [0, 0.05) is 25.3 Å². The first-order chi connectivity index (χ1) is 17.7. The molecule has 1 aromatic heterocycles. The molecule has 3 aromatic rings. The second kappa shape index (κ2) is 10.2. The average Bonchev–Trinajstić information content (AvgIpc) is 3.47. The van der Waals surface area contributed by atoms with Gasteiger partial charge in [0.25, 0.3) is 5.91 Å². The highest BCUT2D eigenvalue weighted by atomic mass is 32.2. The van der Waals surface area contributed by atoms with Crippen molar-refractivity contribution >= 4 is 49.1 Å². The lowest BCUT2D eigenvalue weighted by atomic mass is 10.0. The Morgan fingerprint density at radius 3 is 2.70 bits per heavy atom. The number of hydrogen-bond acceptors (Lipinski definition) is 8. The molecule has 2 aromatic carbocycles. The minimum Gasteiger partial charge on any atom is -0.384 e. The van der Waals surface area contributed by atoms with Crippen molar-refractivity contribution in [3.05, 3.63) is 52.5 Å². The van der Waals surface area contributed by atoms with E-state index in [0.717, 1.165) is 40.9 Å². The number of amides is 3. The van der Waals surface area contributed by atoms with E-state index in [1.165, 1.54) is 7.11 Å². The van der Waals surface area contributed by atoms with Crippen LogP contribution in [0.15, 0.2) is 36.4 Å². The quantitative estimate of drug-likeness (QED) is 0.354. The number of benzene rings is 2. The van der Waals surface area contributed by atoms with Crippen molar-refractivity contribution in [1.29, 1.82) is 0 Å². The fraction of sp³-hybridized carbons (Fsp3) is 0.360. The molecular weight excluding hydrogens is 516 g/mol. The van der Waals surface area contributed by atoms with Gasteiger partial charge < -0.3 is 20.7 Å². The highest BCUT2D eigenvalue weighted by Gasteiger charge is 2.37. The van der Waals surface area contributed by atoms with Gasteiger partial charge in [-0.15, -0.1) is 11.3 Å². The Labute approximate surface area is 217 Å². The summed E-state index contributed by atoms with van der Waals surface area (Å²) in [5.74, 6) is -1.64. The molecule has 0 bridgehead atoms. The number of nitrogens with one attached hydrogen (secondary N) is 3. The van der Waals surface area contributed by atoms with Crippen molar-refractivity contribution in [2.75, 3.05) is 26.0 Å². The van der Waals surface area contributed by atoms with Gasteiger partial charge in [-0.25, -0.2) is 13.4 Å². The first-order valence-corrected chi connectivity index (χ1v) is 14.4. The first kappa shape index (κ1) is 25.3. The van der Waals surface area contributed by atoms with E-state index in [1.807, 2.05) is 30.3 Å². The smallest absolute Gasteiger partial charge is 0.251 e. The monoisotopic (exact) mass is 542 g/mol. The molecule has 0 radical (unpaired) electrons. The highest BCUT2D eigenvalue weighted by Crippen LogP contribution is 2.35. The van der Waals surface area contributed by atoms with E-state index >= 15 is 0 Å². The molecule has 1 atom stereocenters. The van der Waals surface area contributed by atoms with E-state index in [4.69, 9.17) is 4.74 Å². The Morgan fingerprint density at radius 1 is 1.19 bits per heavy atom. The van der Waals surface area contributed by atoms with Gasteiger partial charge in [-0.2, -0.15) is 0 Å². The summed E-state index contributed by atoms with van der Waals surface area (Å²) in [6.07, 6.45) is 1.81. The molecule has 12 heteroatoms. The molecule has 2 heterocycles. The average molecular weight is 543 g/mol. The maximum absolute atomic E-state index is 13.2. The standard InChI is InChI=1S/C25H26N4O6S2/c1-35-8-9-37(33,34)22(24(32)27-13-21(30)28-17-5-6-17)25-29-19-7-4-15(11-20(19)36-25)14-2-3-16-12-26-23(31)18(16)10-14/h2-4,7,10-11,17,22H,5-6,8-9,12-13H2,1H3,(H,26,31)(H,27,32)(H,28,30). The third-order valence-corrected chi connectivity index (χ3v) is 9.41. The Balaban J connectivity index is 1.44. The Morgan fingerprint density at radius 2 is 1.95 bits per heavy atom. The number of hydrogen-bond donors (Lipinski definition) is 3. The Kier molecular flexibility index (Phi) is 6.97. The lowest BCUT2D eigenvalue weighted by molar-refractivity contribution is -0.126. The molecule has 1 aliphatic heterocycles. The predicted molar refractivity (Wildman–Crippen MR) is 139 cm³/mol. The molecule has 1 fully saturated rings. The lowest BCUT2D eigenvalue weighted by Gasteiger charge is -2.15. The SMILES string of the molecule is COCCS(=O)(=O)C(C(=O)NCC(=O)NC1CC1)c1nc2ccc(-c3ccc4c(c3)C(=O)NC4)cc2s1. The van der Waals surface area contributed by atoms with Crippen molar-refractivity contribution in [3.63, 3.8) is 0 Å². The van der Waals surface area contributed by atoms with Gasteiger partial charge in [-0.1, -0.05) is 18.2 Å². The van der Waals surface area contributed by atoms with Crippen LogP contribution in [-0.4, -0.2) is 63.2 Å². The third kappa shape index (κ3) is 5.50. The van der Waals surface area contributed by atoms with E-state index in [0.29, 0.717) is 22.3 Å². The minimum atomic E-state index is -3.98. The summed E-state index contributed by atoms with van der Waals surface area (Å²) in [7, 11) is -2.60. The van der Waals surface area contributed by atoms with Gasteiger partial charge in [-0.05, 0) is 47.7 Å². The number of sulfone groups is 1. The van der Waals surface area contributed by atoms with Crippen LogP contribution in [0.3, 0.4) is 0 Å². The molecular formula is C25H26N4O6S2. The van der Waals surface area contributed by atoms with Crippen molar-refractivity contribution in [1.82, 2.24) is 20.9 Å². The van der Waals surface area contributed by atoms with Crippen LogP contribution >= 0.6 is 11.3 Å². The van der Waals surface area contributed by atoms with E-state index in [1.54, 1.807) is 6.07 Å². The number of aromatic nitrogens is 1. The van der Waals surface area contributed by atoms with Gasteiger partial charge in [0.05, 0.1) is 29.1 Å². The van der Waals surface area contributed by atoms with Crippen LogP contribution in [0.1, 0.15) is 39.0 Å². The van der Waals surface area contributed by atoms with Gasteiger partial charge in [0.2, 0.25) is 11.8 Å². The second-order valence-electron chi connectivity index (χ2n) is 9.09. The van der Waals surface area contributed by atoms with E-state index in [2.05, 4.69) is 20.9 Å². The third-order valence-electron chi connectivity index (χ3n) is 6.29. The van der Waals surface area contributed by atoms with Gasteiger partial charge in [0.1, 0.15) is 5.01 Å². The van der Waals surface area contributed by atoms with E-state index < -0.39 is 21.0 Å². The second-order valence-corrected chi connectivity index (χ2v) is 12.4. The minimum absolute atomic E-state index is 0.0742. The van der Waals surface area contributed by atoms with Crippen molar-refractivity contribution < 1.29 is 27.5 Å². The molecule has 10 nitrogen and oxygen atoms in total. The van der Waals surface area contributed by atoms with E-state index in [9.17, 15) is 22.8 Å². The molecule has 3 N–H and O–H groups in total. The number of methoxy groups -OCH3 is 1. The zero-order chi connectivity index (χ0) is 26.2. The summed E-state index contributed by atoms with van der Waals surface area (Å²) in [5, 5.41) is 6.58. The molecule has 0 saturated heterocycles. The molecule has 37 heavy (non-hydrogen) atoms. The maximum Gasteiger partial charge on any atom is 0.251 e. The molecule has 2 aliphatic rings. The van der Waals surface area contributed by atoms with Gasteiger partial charge >= 0.3 is 0 Å². The van der Waals surface area contributed by atoms with Crippen LogP contribution in [-0.2, 0) is 30.7 Å². The summed E-state index contributed by atoms with van der Waals surface area (Å²) in [6.45, 7) is 0.122. The number of fused-ring (bicyclic) bond motifs is 2. The summed E-state index contributed by atoms with van der Waals surface area (Å²) in [4.78, 5) is 41.7. The van der Waals surface area contributed by atoms with Crippen LogP contribution in [0.2, 0.25) is 0 Å². The maximum atomic E-state index is 13.2. The fourth-order valence-electron chi connectivity index (χ4n) is 4.14. The van der Waals surface area contributed by atoms with Crippen molar-refractivity contribution in [3.8, 4) is 11.1 Å². The molecule has 1 saturated carbocycles. The molecule has 0 spiro atoms. The summed E-state index contributed by atoms with van der Waals surface area (Å²) in [6, 6.07) is 11.3. The van der Waals surface area contributed by atoms with Crippen LogP contribution in [0.5, 0.6) is 0 Å². The normalized spacial score (nSPS) is 15.8. The Bertz CT molecular complexity index is 1500. The van der Waals surface area contributed by atoms with Crippen LogP contribution < -0.4 is 16.0 Å². The number of nitrogens with zero attached hydrogens (tertiary/aromatic N) is 1. The zero-order valence-corrected chi connectivity index (χ0v) is 21.7. The summed E-state index contributed by atoms with van der Waals surface area (Å²) < 4.78 is 31.9. The number of thiazole rings is 1. The zero-order valence-electron chi connectivity index (χ0n) is 20.1. The van der Waals surface area contributed by atoms with Crippen LogP contribution in [0.4, 0.5) is 0 Å². The largest absolute Gasteiger partial charge is 0.384 e. The topological polar surface area (TPSA) is 144 Å². The number of carbonyl (C=O) groups excluding carboxylic acids is 3. The number of rotatable bonds is 10.